The summed E-state index contributed by atoms with van der Waals surface area (Å²) in [6, 6.07) is 16.0. The highest BCUT2D eigenvalue weighted by Gasteiger charge is 2.30. The zero-order valence-corrected chi connectivity index (χ0v) is 14.3. The van der Waals surface area contributed by atoms with Crippen molar-refractivity contribution < 1.29 is 5.11 Å². The minimum atomic E-state index is -0.0172. The van der Waals surface area contributed by atoms with Crippen LogP contribution in [0.25, 0.3) is 0 Å². The second kappa shape index (κ2) is 6.12. The highest BCUT2D eigenvalue weighted by Crippen LogP contribution is 2.39. The van der Waals surface area contributed by atoms with Crippen molar-refractivity contribution in [1.82, 2.24) is 14.8 Å². The van der Waals surface area contributed by atoms with Gasteiger partial charge in [0.25, 0.3) is 0 Å². The molecule has 0 fully saturated rings. The summed E-state index contributed by atoms with van der Waals surface area (Å²) in [5, 5.41) is 18.0. The molecule has 1 aliphatic rings. The Hall–Kier alpha value is -3.02. The number of hydrogen-bond donors (Lipinski definition) is 2. The average molecular weight is 335 g/mol. The van der Waals surface area contributed by atoms with E-state index in [1.807, 2.05) is 37.0 Å². The molecule has 3 aromatic rings. The number of para-hydroxylation sites is 1. The molecule has 128 valence electrons. The fraction of sp³-hybridized carbons (Fsp3) is 0.263. The Morgan fingerprint density at radius 3 is 2.60 bits per heavy atom. The largest absolute Gasteiger partial charge is 0.508 e. The summed E-state index contributed by atoms with van der Waals surface area (Å²) in [7, 11) is 4.06. The number of aromatic hydroxyl groups is 1. The van der Waals surface area contributed by atoms with Crippen LogP contribution in [-0.2, 0) is 0 Å². The van der Waals surface area contributed by atoms with Gasteiger partial charge in [-0.05, 0) is 30.2 Å². The molecule has 0 spiro atoms. The third-order valence-corrected chi connectivity index (χ3v) is 4.74. The number of aromatic nitrogens is 3. The molecule has 6 nitrogen and oxygen atoms in total. The molecule has 0 saturated heterocycles. The van der Waals surface area contributed by atoms with Gasteiger partial charge in [-0.25, -0.2) is 4.68 Å². The zero-order chi connectivity index (χ0) is 17.4. The van der Waals surface area contributed by atoms with Crippen LogP contribution >= 0.6 is 0 Å². The van der Waals surface area contributed by atoms with Gasteiger partial charge in [0.1, 0.15) is 12.1 Å². The van der Waals surface area contributed by atoms with Crippen molar-refractivity contribution in [3.05, 3.63) is 66.0 Å². The Kier molecular flexibility index (Phi) is 3.80. The lowest BCUT2D eigenvalue weighted by atomic mass is 9.93. The standard InChI is InChI=1S/C19H21N5O/c1-23(2)14-9-7-13(8-10-14)17-11-16(15-5-3-4-6-18(15)25)22-19-20-12-21-24(17)19/h3-10,12,16-17,25H,11H2,1-2H3,(H,20,21,22)/t16-,17+/m1/s1. The highest BCUT2D eigenvalue weighted by molar-refractivity contribution is 5.48. The van der Waals surface area contributed by atoms with Crippen molar-refractivity contribution in [2.24, 2.45) is 0 Å². The average Bonchev–Trinajstić information content (AvgIpc) is 3.10. The van der Waals surface area contributed by atoms with E-state index in [1.165, 1.54) is 5.56 Å². The van der Waals surface area contributed by atoms with Crippen LogP contribution in [0, 0.1) is 0 Å². The maximum absolute atomic E-state index is 10.2. The molecule has 2 aromatic carbocycles. The summed E-state index contributed by atoms with van der Waals surface area (Å²) < 4.78 is 1.92. The third kappa shape index (κ3) is 2.80. The Balaban J connectivity index is 1.71. The number of rotatable bonds is 3. The monoisotopic (exact) mass is 335 g/mol. The maximum Gasteiger partial charge on any atom is 0.222 e. The number of nitrogens with one attached hydrogen (secondary N) is 1. The number of benzene rings is 2. The van der Waals surface area contributed by atoms with Crippen LogP contribution in [-0.4, -0.2) is 34.0 Å². The van der Waals surface area contributed by atoms with Gasteiger partial charge < -0.3 is 15.3 Å². The Labute approximate surface area is 146 Å². The van der Waals surface area contributed by atoms with Gasteiger partial charge in [0, 0.05) is 25.3 Å². The minimum Gasteiger partial charge on any atom is -0.508 e. The number of anilines is 2. The van der Waals surface area contributed by atoms with E-state index in [4.69, 9.17) is 0 Å². The van der Waals surface area contributed by atoms with E-state index >= 15 is 0 Å². The quantitative estimate of drug-likeness (QED) is 0.769. The molecule has 1 aromatic heterocycles. The first kappa shape index (κ1) is 15.5. The van der Waals surface area contributed by atoms with Crippen molar-refractivity contribution >= 4 is 11.6 Å². The Morgan fingerprint density at radius 1 is 1.12 bits per heavy atom. The van der Waals surface area contributed by atoms with Gasteiger partial charge in [-0.15, -0.1) is 0 Å². The normalized spacial score (nSPS) is 19.1. The summed E-state index contributed by atoms with van der Waals surface area (Å²) in [4.78, 5) is 6.42. The van der Waals surface area contributed by atoms with Gasteiger partial charge in [-0.2, -0.15) is 10.1 Å². The first-order valence-corrected chi connectivity index (χ1v) is 8.34. The smallest absolute Gasteiger partial charge is 0.222 e. The first-order valence-electron chi connectivity index (χ1n) is 8.34. The zero-order valence-electron chi connectivity index (χ0n) is 14.3. The van der Waals surface area contributed by atoms with Crippen LogP contribution in [0.5, 0.6) is 5.75 Å². The van der Waals surface area contributed by atoms with Crippen molar-refractivity contribution in [2.45, 2.75) is 18.5 Å². The van der Waals surface area contributed by atoms with E-state index in [1.54, 1.807) is 12.4 Å². The molecule has 0 amide bonds. The molecule has 2 atom stereocenters. The van der Waals surface area contributed by atoms with Gasteiger partial charge in [-0.3, -0.25) is 0 Å². The van der Waals surface area contributed by atoms with Gasteiger partial charge >= 0.3 is 0 Å². The fourth-order valence-corrected chi connectivity index (χ4v) is 3.38. The maximum atomic E-state index is 10.2. The molecule has 25 heavy (non-hydrogen) atoms. The van der Waals surface area contributed by atoms with Crippen molar-refractivity contribution in [3.8, 4) is 5.75 Å². The summed E-state index contributed by atoms with van der Waals surface area (Å²) in [5.41, 5.74) is 3.22. The molecule has 2 N–H and O–H groups in total. The first-order chi connectivity index (χ1) is 12.1. The van der Waals surface area contributed by atoms with E-state index in [0.29, 0.717) is 5.75 Å². The number of phenols is 1. The second-order valence-electron chi connectivity index (χ2n) is 6.52. The molecule has 0 bridgehead atoms. The Morgan fingerprint density at radius 2 is 1.88 bits per heavy atom. The van der Waals surface area contributed by atoms with E-state index < -0.39 is 0 Å². The molecule has 0 saturated carbocycles. The number of phenolic OH excluding ortho intramolecular Hbond substituents is 1. The molecular weight excluding hydrogens is 314 g/mol. The van der Waals surface area contributed by atoms with Gasteiger partial charge in [0.15, 0.2) is 0 Å². The van der Waals surface area contributed by atoms with Crippen LogP contribution in [0.1, 0.15) is 29.6 Å². The predicted molar refractivity (Wildman–Crippen MR) is 98.0 cm³/mol. The fourth-order valence-electron chi connectivity index (χ4n) is 3.38. The lowest BCUT2D eigenvalue weighted by molar-refractivity contribution is 0.414. The van der Waals surface area contributed by atoms with Gasteiger partial charge in [-0.1, -0.05) is 30.3 Å². The Bertz CT molecular complexity index is 872. The molecular formula is C19H21N5O. The van der Waals surface area contributed by atoms with E-state index in [9.17, 15) is 5.11 Å². The summed E-state index contributed by atoms with van der Waals surface area (Å²) in [6.45, 7) is 0. The van der Waals surface area contributed by atoms with Crippen LogP contribution in [0.3, 0.4) is 0 Å². The molecule has 6 heteroatoms. The number of hydrogen-bond acceptors (Lipinski definition) is 5. The predicted octanol–water partition coefficient (Wildman–Crippen LogP) is 3.20. The molecule has 1 aliphatic heterocycles. The topological polar surface area (TPSA) is 66.2 Å². The highest BCUT2D eigenvalue weighted by atomic mass is 16.3. The summed E-state index contributed by atoms with van der Waals surface area (Å²) >= 11 is 0. The van der Waals surface area contributed by atoms with E-state index in [0.717, 1.165) is 23.6 Å². The summed E-state index contributed by atoms with van der Waals surface area (Å²) in [6.07, 6.45) is 2.35. The molecule has 0 unspecified atom stereocenters. The molecule has 0 radical (unpaired) electrons. The van der Waals surface area contributed by atoms with Crippen molar-refractivity contribution in [2.75, 3.05) is 24.3 Å². The number of nitrogens with zero attached hydrogens (tertiary/aromatic N) is 4. The van der Waals surface area contributed by atoms with E-state index in [2.05, 4.69) is 44.6 Å². The van der Waals surface area contributed by atoms with Crippen LogP contribution in [0.4, 0.5) is 11.6 Å². The molecule has 2 heterocycles. The SMILES string of the molecule is CN(C)c1ccc([C@@H]2C[C@H](c3ccccc3O)Nc3ncnn32)cc1. The lowest BCUT2D eigenvalue weighted by Gasteiger charge is -2.32. The van der Waals surface area contributed by atoms with Gasteiger partial charge in [0.2, 0.25) is 5.95 Å². The molecule has 0 aliphatic carbocycles. The minimum absolute atomic E-state index is 0.0172. The third-order valence-electron chi connectivity index (χ3n) is 4.74. The van der Waals surface area contributed by atoms with Crippen molar-refractivity contribution in [3.63, 3.8) is 0 Å². The summed E-state index contributed by atoms with van der Waals surface area (Å²) in [5.74, 6) is 1.02. The second-order valence-corrected chi connectivity index (χ2v) is 6.52. The van der Waals surface area contributed by atoms with Crippen LogP contribution < -0.4 is 10.2 Å². The molecule has 4 rings (SSSR count). The van der Waals surface area contributed by atoms with Gasteiger partial charge in [0.05, 0.1) is 12.1 Å². The van der Waals surface area contributed by atoms with Crippen LogP contribution in [0.15, 0.2) is 54.9 Å². The van der Waals surface area contributed by atoms with Crippen LogP contribution in [0.2, 0.25) is 0 Å². The van der Waals surface area contributed by atoms with E-state index in [-0.39, 0.29) is 12.1 Å². The number of fused-ring (bicyclic) bond motifs is 1. The lowest BCUT2D eigenvalue weighted by Crippen LogP contribution is -2.28. The van der Waals surface area contributed by atoms with Crippen molar-refractivity contribution in [1.29, 1.82) is 0 Å².